The molecule has 0 unspecified atom stereocenters. The normalized spacial score (nSPS) is 11.4. The first kappa shape index (κ1) is 19.5. The molecule has 134 valence electrons. The van der Waals surface area contributed by atoms with Crippen LogP contribution in [0.4, 0.5) is 0 Å². The summed E-state index contributed by atoms with van der Waals surface area (Å²) in [5.74, 6) is 3.37. The highest BCUT2D eigenvalue weighted by Crippen LogP contribution is 2.37. The van der Waals surface area contributed by atoms with Crippen molar-refractivity contribution < 1.29 is 0 Å². The molecule has 0 N–H and O–H groups in total. The summed E-state index contributed by atoms with van der Waals surface area (Å²) >= 11 is 5.91. The molecule has 0 spiro atoms. The van der Waals surface area contributed by atoms with E-state index in [2.05, 4.69) is 97.9 Å². The third-order valence-electron chi connectivity index (χ3n) is 3.99. The Morgan fingerprint density at radius 1 is 0.500 bits per heavy atom. The van der Waals surface area contributed by atoms with E-state index in [4.69, 9.17) is 0 Å². The molecule has 26 heavy (non-hydrogen) atoms. The van der Waals surface area contributed by atoms with Gasteiger partial charge in [0.15, 0.2) is 0 Å². The Labute approximate surface area is 170 Å². The number of hydrogen-bond donors (Lipinski definition) is 0. The van der Waals surface area contributed by atoms with Gasteiger partial charge in [-0.3, -0.25) is 0 Å². The van der Waals surface area contributed by atoms with E-state index in [0.29, 0.717) is 0 Å². The highest BCUT2D eigenvalue weighted by Gasteiger charge is 2.25. The van der Waals surface area contributed by atoms with Crippen LogP contribution in [0.5, 0.6) is 0 Å². The summed E-state index contributed by atoms with van der Waals surface area (Å²) in [6, 6.07) is 32.2. The largest absolute Gasteiger partial charge is 0.126 e. The minimum absolute atomic E-state index is 0.252. The average Bonchev–Trinajstić information content (AvgIpc) is 2.72. The fraction of sp³-hybridized carbons (Fsp3) is 0.217. The van der Waals surface area contributed by atoms with Crippen molar-refractivity contribution in [2.24, 2.45) is 5.41 Å². The van der Waals surface area contributed by atoms with Crippen LogP contribution >= 0.6 is 35.3 Å². The third-order valence-corrected chi connectivity index (χ3v) is 8.33. The van der Waals surface area contributed by atoms with Gasteiger partial charge in [0.2, 0.25) is 0 Å². The highest BCUT2D eigenvalue weighted by molar-refractivity contribution is 8.01. The van der Waals surface area contributed by atoms with Crippen molar-refractivity contribution in [1.29, 1.82) is 0 Å². The minimum atomic E-state index is 0.252. The number of hydrogen-bond acceptors (Lipinski definition) is 3. The third kappa shape index (κ3) is 6.46. The molecule has 0 saturated carbocycles. The fourth-order valence-corrected chi connectivity index (χ4v) is 6.04. The van der Waals surface area contributed by atoms with Crippen LogP contribution in [0.1, 0.15) is 6.92 Å². The summed E-state index contributed by atoms with van der Waals surface area (Å²) in [6.07, 6.45) is 0. The summed E-state index contributed by atoms with van der Waals surface area (Å²) in [5.41, 5.74) is 0.252. The van der Waals surface area contributed by atoms with E-state index < -0.39 is 0 Å². The predicted molar refractivity (Wildman–Crippen MR) is 120 cm³/mol. The second-order valence-corrected chi connectivity index (χ2v) is 9.76. The molecule has 3 aromatic rings. The molecule has 3 aromatic carbocycles. The Balaban J connectivity index is 1.64. The Kier molecular flexibility index (Phi) is 7.60. The quantitative estimate of drug-likeness (QED) is 0.347. The van der Waals surface area contributed by atoms with Crippen molar-refractivity contribution >= 4 is 35.3 Å². The van der Waals surface area contributed by atoms with Crippen LogP contribution in [0.15, 0.2) is 106 Å². The van der Waals surface area contributed by atoms with Crippen molar-refractivity contribution in [3.8, 4) is 0 Å². The molecule has 0 aliphatic carbocycles. The summed E-state index contributed by atoms with van der Waals surface area (Å²) in [5, 5.41) is 0. The van der Waals surface area contributed by atoms with E-state index >= 15 is 0 Å². The van der Waals surface area contributed by atoms with Gasteiger partial charge in [0.05, 0.1) is 0 Å². The summed E-state index contributed by atoms with van der Waals surface area (Å²) in [4.78, 5) is 4.06. The topological polar surface area (TPSA) is 0 Å². The lowest BCUT2D eigenvalue weighted by molar-refractivity contribution is 0.504. The van der Waals surface area contributed by atoms with Gasteiger partial charge in [0, 0.05) is 31.9 Å². The van der Waals surface area contributed by atoms with Crippen LogP contribution in [0.3, 0.4) is 0 Å². The Morgan fingerprint density at radius 2 is 0.769 bits per heavy atom. The van der Waals surface area contributed by atoms with E-state index in [9.17, 15) is 0 Å². The van der Waals surface area contributed by atoms with Crippen molar-refractivity contribution in [3.05, 3.63) is 91.0 Å². The second-order valence-electron chi connectivity index (χ2n) is 6.62. The first-order valence-electron chi connectivity index (χ1n) is 8.77. The zero-order valence-corrected chi connectivity index (χ0v) is 17.5. The molecule has 0 bridgehead atoms. The molecule has 3 heteroatoms. The van der Waals surface area contributed by atoms with Gasteiger partial charge in [0.25, 0.3) is 0 Å². The first-order valence-corrected chi connectivity index (χ1v) is 11.7. The van der Waals surface area contributed by atoms with Crippen molar-refractivity contribution in [2.45, 2.75) is 21.6 Å². The lowest BCUT2D eigenvalue weighted by atomic mass is 9.99. The molecule has 0 saturated heterocycles. The van der Waals surface area contributed by atoms with Gasteiger partial charge < -0.3 is 0 Å². The molecule has 0 heterocycles. The number of benzene rings is 3. The maximum absolute atomic E-state index is 2.43. The standard InChI is InChI=1S/C23H24S3/c1-23(17-24-20-11-5-2-6-12-20,18-25-21-13-7-3-8-14-21)19-26-22-15-9-4-10-16-22/h2-16H,17-19H2,1H3. The van der Waals surface area contributed by atoms with Gasteiger partial charge >= 0.3 is 0 Å². The molecule has 0 aromatic heterocycles. The zero-order valence-electron chi connectivity index (χ0n) is 15.0. The van der Waals surface area contributed by atoms with E-state index in [0.717, 1.165) is 17.3 Å². The summed E-state index contributed by atoms with van der Waals surface area (Å²) < 4.78 is 0. The number of thioether (sulfide) groups is 3. The van der Waals surface area contributed by atoms with E-state index in [-0.39, 0.29) is 5.41 Å². The van der Waals surface area contributed by atoms with Crippen LogP contribution < -0.4 is 0 Å². The minimum Gasteiger partial charge on any atom is -0.126 e. The lowest BCUT2D eigenvalue weighted by Crippen LogP contribution is -2.26. The maximum atomic E-state index is 2.43. The maximum Gasteiger partial charge on any atom is 0.00721 e. The Hall–Kier alpha value is -1.29. The van der Waals surface area contributed by atoms with Crippen LogP contribution in [0, 0.1) is 5.41 Å². The van der Waals surface area contributed by atoms with Gasteiger partial charge in [0.1, 0.15) is 0 Å². The van der Waals surface area contributed by atoms with Crippen LogP contribution in [-0.4, -0.2) is 17.3 Å². The first-order chi connectivity index (χ1) is 12.7. The van der Waals surface area contributed by atoms with Crippen LogP contribution in [0.25, 0.3) is 0 Å². The zero-order chi connectivity index (χ0) is 18.1. The molecule has 3 rings (SSSR count). The van der Waals surface area contributed by atoms with Gasteiger partial charge in [-0.2, -0.15) is 0 Å². The SMILES string of the molecule is CC(CSc1ccccc1)(CSc1ccccc1)CSc1ccccc1. The Morgan fingerprint density at radius 3 is 1.04 bits per heavy atom. The van der Waals surface area contributed by atoms with Crippen molar-refractivity contribution in [2.75, 3.05) is 17.3 Å². The molecule has 0 amide bonds. The predicted octanol–water partition coefficient (Wildman–Crippen LogP) is 7.37. The smallest absolute Gasteiger partial charge is 0.00721 e. The van der Waals surface area contributed by atoms with E-state index in [1.807, 2.05) is 35.3 Å². The van der Waals surface area contributed by atoms with Gasteiger partial charge in [-0.15, -0.1) is 35.3 Å². The lowest BCUT2D eigenvalue weighted by Gasteiger charge is -2.29. The van der Waals surface area contributed by atoms with Crippen LogP contribution in [0.2, 0.25) is 0 Å². The van der Waals surface area contributed by atoms with Crippen molar-refractivity contribution in [3.63, 3.8) is 0 Å². The summed E-state index contributed by atoms with van der Waals surface area (Å²) in [6.45, 7) is 2.43. The van der Waals surface area contributed by atoms with Crippen molar-refractivity contribution in [1.82, 2.24) is 0 Å². The van der Waals surface area contributed by atoms with Gasteiger partial charge in [-0.1, -0.05) is 61.5 Å². The number of rotatable bonds is 9. The highest BCUT2D eigenvalue weighted by atomic mass is 32.2. The molecule has 0 aliphatic heterocycles. The van der Waals surface area contributed by atoms with Gasteiger partial charge in [-0.25, -0.2) is 0 Å². The monoisotopic (exact) mass is 396 g/mol. The van der Waals surface area contributed by atoms with E-state index in [1.54, 1.807) is 0 Å². The van der Waals surface area contributed by atoms with Crippen LogP contribution in [-0.2, 0) is 0 Å². The molecular weight excluding hydrogens is 372 g/mol. The molecule has 0 fully saturated rings. The second kappa shape index (κ2) is 10.1. The van der Waals surface area contributed by atoms with Gasteiger partial charge in [-0.05, 0) is 41.8 Å². The Bertz CT molecular complexity index is 651. The van der Waals surface area contributed by atoms with E-state index in [1.165, 1.54) is 14.7 Å². The molecule has 0 aliphatic rings. The molecule has 0 atom stereocenters. The summed E-state index contributed by atoms with van der Waals surface area (Å²) in [7, 11) is 0. The molecule has 0 radical (unpaired) electrons. The average molecular weight is 397 g/mol. The molecule has 0 nitrogen and oxygen atoms in total. The molecular formula is C23H24S3. The fourth-order valence-electron chi connectivity index (χ4n) is 2.45.